The van der Waals surface area contributed by atoms with Gasteiger partial charge in [0.25, 0.3) is 11.5 Å². The number of aliphatic carboxylic acids is 3. The van der Waals surface area contributed by atoms with Gasteiger partial charge in [0.05, 0.1) is 36.7 Å². The topological polar surface area (TPSA) is 426 Å². The molecule has 1 unspecified atom stereocenters. The maximum absolute atomic E-state index is 12.7. The van der Waals surface area contributed by atoms with Crippen LogP contribution in [0.15, 0.2) is 29.1 Å². The van der Waals surface area contributed by atoms with E-state index in [2.05, 4.69) is 25.3 Å². The van der Waals surface area contributed by atoms with Crippen LogP contribution in [0.2, 0.25) is 0 Å². The molecule has 1 aliphatic heterocycles. The largest absolute Gasteiger partial charge is 0.481 e. The third-order valence-electron chi connectivity index (χ3n) is 9.34. The number of aromatic amines is 1. The number of carboxylic acid groups (broad SMARTS) is 3. The zero-order valence-corrected chi connectivity index (χ0v) is 33.9. The number of carbonyl (C=O) groups excluding carboxylic acids is 1. The number of aryl methyl sites for hydroxylation is 1. The van der Waals surface area contributed by atoms with E-state index in [0.717, 1.165) is 0 Å². The first-order valence-electron chi connectivity index (χ1n) is 18.7. The molecular weight excluding hydrogens is 853 g/mol. The lowest BCUT2D eigenvalue weighted by Gasteiger charge is -2.25. The predicted molar refractivity (Wildman–Crippen MR) is 208 cm³/mol. The molecule has 0 bridgehead atoms. The second-order valence-electron chi connectivity index (χ2n) is 14.2. The lowest BCUT2D eigenvalue weighted by molar-refractivity contribution is -0.192. The monoisotopic (exact) mass is 901 g/mol. The number of carboxylic acids is 3. The Bertz CT molecular complexity index is 2160. The molecule has 26 nitrogen and oxygen atoms in total. The van der Waals surface area contributed by atoms with E-state index in [1.54, 1.807) is 38.1 Å². The molecule has 0 radical (unpaired) electrons. The van der Waals surface area contributed by atoms with E-state index in [4.69, 9.17) is 34.5 Å². The molecule has 3 heterocycles. The molecule has 27 heteroatoms. The molecule has 0 aliphatic carbocycles. The molecule has 14 N–H and O–H groups in total. The van der Waals surface area contributed by atoms with Crippen LogP contribution < -0.4 is 21.9 Å². The van der Waals surface area contributed by atoms with Crippen molar-refractivity contribution in [3.63, 3.8) is 0 Å². The number of rotatable bonds is 24. The number of nitrogens with one attached hydrogen (secondary N) is 3. The number of H-pyrrole nitrogens is 1. The summed E-state index contributed by atoms with van der Waals surface area (Å²) in [4.78, 5) is 83.9. The number of anilines is 2. The van der Waals surface area contributed by atoms with Gasteiger partial charge in [0.1, 0.15) is 42.7 Å². The third kappa shape index (κ3) is 13.9. The number of ether oxygens (including phenoxy) is 2. The lowest BCUT2D eigenvalue weighted by atomic mass is 10.0. The molecule has 4 rings (SSSR count). The number of phosphoric acid groups is 1. The summed E-state index contributed by atoms with van der Waals surface area (Å²) in [5.74, 6) is -5.96. The zero-order chi connectivity index (χ0) is 46.1. The molecule has 1 fully saturated rings. The van der Waals surface area contributed by atoms with Gasteiger partial charge >= 0.3 is 25.7 Å². The number of aliphatic hydroxyl groups excluding tert-OH is 5. The smallest absolute Gasteiger partial charge is 0.473 e. The van der Waals surface area contributed by atoms with E-state index < -0.39 is 137 Å². The number of aromatic nitrogens is 4. The fraction of sp³-hybridized carbons (Fsp3) is 0.543. The van der Waals surface area contributed by atoms with E-state index in [0.29, 0.717) is 22.6 Å². The maximum atomic E-state index is 12.7. The summed E-state index contributed by atoms with van der Waals surface area (Å²) in [7, 11) is -5.33. The van der Waals surface area contributed by atoms with Crippen LogP contribution in [0.1, 0.15) is 55.6 Å². The normalized spacial score (nSPS) is 21.5. The second kappa shape index (κ2) is 21.7. The summed E-state index contributed by atoms with van der Waals surface area (Å²) in [6, 6.07) is 4.48. The molecule has 11 atom stereocenters. The third-order valence-corrected chi connectivity index (χ3v) is 10.3. The van der Waals surface area contributed by atoms with Crippen molar-refractivity contribution in [2.45, 2.75) is 107 Å². The van der Waals surface area contributed by atoms with Crippen molar-refractivity contribution < 1.29 is 88.0 Å². The van der Waals surface area contributed by atoms with Crippen LogP contribution in [0, 0.1) is 6.92 Å². The van der Waals surface area contributed by atoms with Crippen molar-refractivity contribution >= 4 is 54.4 Å². The number of nitrogen functional groups attached to an aromatic ring is 1. The number of nitrogens with two attached hydrogens (primary N) is 1. The van der Waals surface area contributed by atoms with Gasteiger partial charge in [-0.2, -0.15) is 4.98 Å². The van der Waals surface area contributed by atoms with Gasteiger partial charge in [-0.1, -0.05) is 12.1 Å². The minimum absolute atomic E-state index is 0.0217. The highest BCUT2D eigenvalue weighted by Crippen LogP contribution is 2.46. The highest BCUT2D eigenvalue weighted by molar-refractivity contribution is 7.47. The number of hydrogen-bond donors (Lipinski definition) is 13. The van der Waals surface area contributed by atoms with Crippen LogP contribution in [-0.2, 0) is 48.7 Å². The number of aliphatic hydroxyl groups is 5. The quantitative estimate of drug-likeness (QED) is 0.0419. The average Bonchev–Trinajstić information content (AvgIpc) is 3.46. The van der Waals surface area contributed by atoms with Crippen molar-refractivity contribution in [2.24, 2.45) is 0 Å². The predicted octanol–water partition coefficient (Wildman–Crippen LogP) is -2.33. The van der Waals surface area contributed by atoms with Crippen molar-refractivity contribution in [1.82, 2.24) is 25.3 Å². The van der Waals surface area contributed by atoms with E-state index >= 15 is 0 Å². The summed E-state index contributed by atoms with van der Waals surface area (Å²) >= 11 is 0. The fourth-order valence-corrected chi connectivity index (χ4v) is 6.99. The first-order chi connectivity index (χ1) is 29.0. The lowest BCUT2D eigenvalue weighted by Crippen LogP contribution is -2.46. The molecular formula is C35H48N7O19P. The number of hydrogen-bond acceptors (Lipinski definition) is 20. The van der Waals surface area contributed by atoms with Gasteiger partial charge < -0.3 is 71.6 Å². The highest BCUT2D eigenvalue weighted by atomic mass is 31.2. The summed E-state index contributed by atoms with van der Waals surface area (Å²) in [5.41, 5.74) is 7.38. The molecule has 1 aromatic carbocycles. The summed E-state index contributed by atoms with van der Waals surface area (Å²) < 4.78 is 33.0. The minimum atomic E-state index is -5.33. The van der Waals surface area contributed by atoms with Gasteiger partial charge in [0.2, 0.25) is 5.95 Å². The van der Waals surface area contributed by atoms with Crippen LogP contribution in [0.3, 0.4) is 0 Å². The maximum Gasteiger partial charge on any atom is 0.473 e. The number of carbonyl (C=O) groups is 4. The SMILES string of the molecule is Cc1nc2nc(N)[nH]c(=O)c2nc1[C@@H](C)Nc1ccc(C[C@H](O)[C@H](O)[C@H](O)CO[C@H]2O[C@H](COP(=O)(O)O[C@@H](CCC(=O)O)C(=O)N[C@@H](CCC(=O)O)C(=O)O)[C@@H](O)[C@H]2O)cc1. The van der Waals surface area contributed by atoms with Gasteiger partial charge in [-0.25, -0.2) is 19.3 Å². The van der Waals surface area contributed by atoms with Gasteiger partial charge in [0.15, 0.2) is 17.5 Å². The Hall–Kier alpha value is -5.25. The highest BCUT2D eigenvalue weighted by Gasteiger charge is 2.45. The Kier molecular flexibility index (Phi) is 17.3. The number of amides is 1. The van der Waals surface area contributed by atoms with Gasteiger partial charge in [-0.15, -0.1) is 0 Å². The van der Waals surface area contributed by atoms with Crippen molar-refractivity contribution in [2.75, 3.05) is 24.3 Å². The number of phosphoric ester groups is 1. The Morgan fingerprint density at radius 2 is 1.61 bits per heavy atom. The number of benzene rings is 1. The standard InChI is InChI=1S/C35H48N7O19P/c1-14(25-15(2)38-30-26(40-25)32(53)42-35(36)41-30)37-17-5-3-16(4-6-17)11-19(43)27(49)20(44)12-58-34-29(51)28(50)22(60-34)13-59-62(56,57)61-21(8-10-24(47)48)31(52)39-18(33(54)55)7-9-23(45)46/h3-6,14,18-22,27-29,34,37,43-44,49-51H,7-13H2,1-2H3,(H,39,52)(H,45,46)(H,47,48)(H,54,55)(H,56,57)(H3,36,38,41,42,53)/t14-,18+,19+,20-,21+,22-,27+,28-,29-,34+/m1/s1. The molecule has 62 heavy (non-hydrogen) atoms. The Labute approximate surface area is 350 Å². The summed E-state index contributed by atoms with van der Waals surface area (Å²) in [5, 5.41) is 85.0. The van der Waals surface area contributed by atoms with E-state index in [1.165, 1.54) is 0 Å². The molecule has 342 valence electrons. The van der Waals surface area contributed by atoms with Gasteiger partial charge in [0, 0.05) is 24.9 Å². The number of nitrogens with zero attached hydrogens (tertiary/aromatic N) is 3. The van der Waals surface area contributed by atoms with Crippen LogP contribution in [0.25, 0.3) is 11.2 Å². The molecule has 1 amide bonds. The van der Waals surface area contributed by atoms with Crippen LogP contribution in [0.4, 0.5) is 11.6 Å². The summed E-state index contributed by atoms with van der Waals surface area (Å²) in [6.07, 6.45) is -17.1. The zero-order valence-electron chi connectivity index (χ0n) is 33.0. The Balaban J connectivity index is 1.26. The second-order valence-corrected chi connectivity index (χ2v) is 15.6. The first kappa shape index (κ1) is 49.4. The van der Waals surface area contributed by atoms with Crippen LogP contribution >= 0.6 is 7.82 Å². The van der Waals surface area contributed by atoms with Gasteiger partial charge in [-0.05, 0) is 44.4 Å². The van der Waals surface area contributed by atoms with Crippen molar-refractivity contribution in [3.05, 3.63) is 51.6 Å². The number of fused-ring (bicyclic) bond motifs is 1. The molecule has 3 aromatic rings. The fourth-order valence-electron chi connectivity index (χ4n) is 6.07. The van der Waals surface area contributed by atoms with E-state index in [9.17, 15) is 64.1 Å². The molecule has 0 saturated carbocycles. The molecule has 1 aliphatic rings. The molecule has 0 spiro atoms. The molecule has 2 aromatic heterocycles. The van der Waals surface area contributed by atoms with Crippen molar-refractivity contribution in [1.29, 1.82) is 0 Å². The van der Waals surface area contributed by atoms with Crippen molar-refractivity contribution in [3.8, 4) is 0 Å². The Morgan fingerprint density at radius 1 is 0.968 bits per heavy atom. The van der Waals surface area contributed by atoms with E-state index in [1.807, 2.05) is 5.32 Å². The van der Waals surface area contributed by atoms with Gasteiger partial charge in [-0.3, -0.25) is 33.2 Å². The summed E-state index contributed by atoms with van der Waals surface area (Å²) in [6.45, 7) is 1.76. The minimum Gasteiger partial charge on any atom is -0.481 e. The van der Waals surface area contributed by atoms with Crippen LogP contribution in [-0.4, -0.2) is 158 Å². The van der Waals surface area contributed by atoms with E-state index in [-0.39, 0.29) is 23.5 Å². The van der Waals surface area contributed by atoms with Crippen LogP contribution in [0.5, 0.6) is 0 Å². The Morgan fingerprint density at radius 3 is 2.24 bits per heavy atom. The average molecular weight is 902 g/mol. The molecule has 1 saturated heterocycles. The first-order valence-corrected chi connectivity index (χ1v) is 20.2.